The van der Waals surface area contributed by atoms with Gasteiger partial charge in [0.25, 0.3) is 0 Å². The first-order valence-corrected chi connectivity index (χ1v) is 15.0. The van der Waals surface area contributed by atoms with Gasteiger partial charge in [-0.1, -0.05) is 6.92 Å². The molecule has 0 spiro atoms. The molecule has 0 aliphatic carbocycles. The van der Waals surface area contributed by atoms with Gasteiger partial charge in [0.2, 0.25) is 21.8 Å². The second kappa shape index (κ2) is 12.1. The minimum absolute atomic E-state index is 0.0385. The van der Waals surface area contributed by atoms with Gasteiger partial charge in [-0.3, -0.25) is 9.59 Å². The van der Waals surface area contributed by atoms with Crippen LogP contribution in [0.4, 0.5) is 11.4 Å². The van der Waals surface area contributed by atoms with Crippen LogP contribution in [0.2, 0.25) is 0 Å². The number of piperidine rings is 1. The maximum Gasteiger partial charge on any atom is 0.337 e. The summed E-state index contributed by atoms with van der Waals surface area (Å²) in [7, 11) is -1.62. The highest BCUT2D eigenvalue weighted by atomic mass is 79.9. The number of anilines is 2. The number of halogens is 1. The zero-order valence-corrected chi connectivity index (χ0v) is 24.8. The molecule has 0 radical (unpaired) electrons. The minimum atomic E-state index is -4.01. The average Bonchev–Trinajstić information content (AvgIpc) is 3.37. The average molecular weight is 637 g/mol. The number of fused-ring (bicyclic) bond motifs is 1. The van der Waals surface area contributed by atoms with E-state index in [0.29, 0.717) is 42.4 Å². The van der Waals surface area contributed by atoms with E-state index in [0.717, 1.165) is 5.56 Å². The van der Waals surface area contributed by atoms with Crippen molar-refractivity contribution in [2.24, 2.45) is 5.92 Å². The molecule has 1 fully saturated rings. The fourth-order valence-corrected chi connectivity index (χ4v) is 7.56. The lowest BCUT2D eigenvalue weighted by atomic mass is 9.98. The SMILES string of the molecule is CCC(=O)N1CCc2cc(Br)c(S(=O)(=O)N3CCC[C@@H](C(=O)Nc4cc(C(=O)OC)cc(C(=O)OC)c4)C3)cc21. The van der Waals surface area contributed by atoms with Crippen molar-refractivity contribution in [1.82, 2.24) is 4.31 Å². The second-order valence-corrected chi connectivity index (χ2v) is 12.3. The predicted molar refractivity (Wildman–Crippen MR) is 150 cm³/mol. The lowest BCUT2D eigenvalue weighted by molar-refractivity contribution is -0.121. The molecule has 0 saturated carbocycles. The van der Waals surface area contributed by atoms with Crippen LogP contribution in [0.5, 0.6) is 0 Å². The first-order chi connectivity index (χ1) is 19.0. The summed E-state index contributed by atoms with van der Waals surface area (Å²) in [6.07, 6.45) is 1.85. The van der Waals surface area contributed by atoms with Crippen LogP contribution < -0.4 is 10.2 Å². The van der Waals surface area contributed by atoms with Crippen molar-refractivity contribution in [3.8, 4) is 0 Å². The maximum absolute atomic E-state index is 13.7. The van der Waals surface area contributed by atoms with Crippen LogP contribution >= 0.6 is 15.9 Å². The van der Waals surface area contributed by atoms with E-state index >= 15 is 0 Å². The molecule has 4 rings (SSSR count). The van der Waals surface area contributed by atoms with E-state index in [4.69, 9.17) is 9.47 Å². The summed E-state index contributed by atoms with van der Waals surface area (Å²) in [5, 5.41) is 2.70. The molecule has 2 aromatic carbocycles. The lowest BCUT2D eigenvalue weighted by Gasteiger charge is -2.31. The molecule has 13 heteroatoms. The van der Waals surface area contributed by atoms with Gasteiger partial charge in [0.05, 0.1) is 36.2 Å². The van der Waals surface area contributed by atoms with Crippen LogP contribution in [-0.2, 0) is 35.5 Å². The van der Waals surface area contributed by atoms with Crippen molar-refractivity contribution in [1.29, 1.82) is 0 Å². The molecular formula is C27H30BrN3O8S. The highest BCUT2D eigenvalue weighted by Gasteiger charge is 2.36. The number of hydrogen-bond donors (Lipinski definition) is 1. The van der Waals surface area contributed by atoms with Crippen LogP contribution in [0.25, 0.3) is 0 Å². The summed E-state index contributed by atoms with van der Waals surface area (Å²) >= 11 is 3.40. The fraction of sp³-hybridized carbons (Fsp3) is 0.407. The Labute approximate surface area is 241 Å². The molecule has 40 heavy (non-hydrogen) atoms. The number of methoxy groups -OCH3 is 2. The normalized spacial score (nSPS) is 17.2. The number of ether oxygens (including phenoxy) is 2. The number of nitrogens with one attached hydrogen (secondary N) is 1. The zero-order valence-electron chi connectivity index (χ0n) is 22.4. The van der Waals surface area contributed by atoms with E-state index in [-0.39, 0.29) is 40.7 Å². The Hall–Kier alpha value is -3.29. The van der Waals surface area contributed by atoms with E-state index < -0.39 is 33.8 Å². The Morgan fingerprint density at radius 1 is 1.00 bits per heavy atom. The molecule has 2 amide bonds. The van der Waals surface area contributed by atoms with Gasteiger partial charge < -0.3 is 19.7 Å². The fourth-order valence-electron chi connectivity index (χ4n) is 4.96. The van der Waals surface area contributed by atoms with Gasteiger partial charge in [0, 0.05) is 41.9 Å². The van der Waals surface area contributed by atoms with Gasteiger partial charge in [-0.05, 0) is 71.1 Å². The zero-order chi connectivity index (χ0) is 29.2. The third-order valence-corrected chi connectivity index (χ3v) is 9.87. The summed E-state index contributed by atoms with van der Waals surface area (Å²) in [6.45, 7) is 2.43. The number of sulfonamides is 1. The first kappa shape index (κ1) is 29.7. The van der Waals surface area contributed by atoms with Crippen molar-refractivity contribution in [2.45, 2.75) is 37.5 Å². The van der Waals surface area contributed by atoms with Crippen molar-refractivity contribution in [3.63, 3.8) is 0 Å². The molecule has 1 N–H and O–H groups in total. The van der Waals surface area contributed by atoms with Crippen LogP contribution in [0.3, 0.4) is 0 Å². The van der Waals surface area contributed by atoms with Gasteiger partial charge in [0.1, 0.15) is 0 Å². The van der Waals surface area contributed by atoms with Crippen LogP contribution in [0.1, 0.15) is 52.5 Å². The maximum atomic E-state index is 13.7. The second-order valence-electron chi connectivity index (χ2n) is 9.53. The molecule has 2 aliphatic rings. The quantitative estimate of drug-likeness (QED) is 0.457. The van der Waals surface area contributed by atoms with E-state index in [1.165, 1.54) is 42.8 Å². The number of esters is 2. The Morgan fingerprint density at radius 3 is 2.25 bits per heavy atom. The van der Waals surface area contributed by atoms with Crippen molar-refractivity contribution in [3.05, 3.63) is 51.5 Å². The molecule has 11 nitrogen and oxygen atoms in total. The Morgan fingerprint density at radius 2 is 1.65 bits per heavy atom. The smallest absolute Gasteiger partial charge is 0.337 e. The predicted octanol–water partition coefficient (Wildman–Crippen LogP) is 3.36. The van der Waals surface area contributed by atoms with Crippen molar-refractivity contribution < 1.29 is 37.1 Å². The van der Waals surface area contributed by atoms with Crippen molar-refractivity contribution >= 4 is 61.1 Å². The molecule has 0 aromatic heterocycles. The monoisotopic (exact) mass is 635 g/mol. The standard InChI is InChI=1S/C27H30BrN3O8S/c1-4-24(32)31-9-7-16-13-21(28)23(14-22(16)31)40(36,37)30-8-5-6-17(15-30)25(33)29-20-11-18(26(34)38-2)10-19(12-20)27(35)39-3/h10-14,17H,4-9,15H2,1-3H3,(H,29,33)/t17-/m1/s1. The minimum Gasteiger partial charge on any atom is -0.465 e. The van der Waals surface area contributed by atoms with Crippen LogP contribution in [0.15, 0.2) is 39.7 Å². The molecule has 1 atom stereocenters. The molecule has 2 aliphatic heterocycles. The van der Waals surface area contributed by atoms with Crippen LogP contribution in [0, 0.1) is 5.92 Å². The molecule has 214 valence electrons. The summed E-state index contributed by atoms with van der Waals surface area (Å²) in [6, 6.07) is 7.32. The Balaban J connectivity index is 1.56. The third kappa shape index (κ3) is 5.91. The van der Waals surface area contributed by atoms with Gasteiger partial charge in [-0.2, -0.15) is 4.31 Å². The largest absolute Gasteiger partial charge is 0.465 e. The number of carbonyl (C=O) groups is 4. The molecule has 2 aromatic rings. The lowest BCUT2D eigenvalue weighted by Crippen LogP contribution is -2.43. The number of rotatable bonds is 7. The highest BCUT2D eigenvalue weighted by molar-refractivity contribution is 9.10. The molecule has 0 unspecified atom stereocenters. The highest BCUT2D eigenvalue weighted by Crippen LogP contribution is 2.37. The number of hydrogen-bond acceptors (Lipinski definition) is 8. The number of amides is 2. The van der Waals surface area contributed by atoms with Gasteiger partial charge in [0.15, 0.2) is 0 Å². The first-order valence-electron chi connectivity index (χ1n) is 12.8. The summed E-state index contributed by atoms with van der Waals surface area (Å²) in [4.78, 5) is 51.5. The molecular weight excluding hydrogens is 606 g/mol. The summed E-state index contributed by atoms with van der Waals surface area (Å²) in [5.74, 6) is -2.61. The molecule has 2 heterocycles. The Kier molecular flexibility index (Phi) is 8.96. The van der Waals surface area contributed by atoms with Gasteiger partial charge >= 0.3 is 11.9 Å². The van der Waals surface area contributed by atoms with Crippen molar-refractivity contribution in [2.75, 3.05) is 44.1 Å². The van der Waals surface area contributed by atoms with Gasteiger partial charge in [-0.15, -0.1) is 0 Å². The topological polar surface area (TPSA) is 139 Å². The van der Waals surface area contributed by atoms with E-state index in [1.807, 2.05) is 0 Å². The van der Waals surface area contributed by atoms with Gasteiger partial charge in [-0.25, -0.2) is 18.0 Å². The number of carbonyl (C=O) groups excluding carboxylic acids is 4. The van der Waals surface area contributed by atoms with Crippen LogP contribution in [-0.4, -0.2) is 70.3 Å². The van der Waals surface area contributed by atoms with E-state index in [1.54, 1.807) is 17.9 Å². The Bertz CT molecular complexity index is 1440. The molecule has 1 saturated heterocycles. The number of nitrogens with zero attached hydrogens (tertiary/aromatic N) is 2. The third-order valence-electron chi connectivity index (χ3n) is 7.05. The van der Waals surface area contributed by atoms with E-state index in [2.05, 4.69) is 21.2 Å². The summed E-state index contributed by atoms with van der Waals surface area (Å²) in [5.41, 5.74) is 1.75. The van der Waals surface area contributed by atoms with E-state index in [9.17, 15) is 27.6 Å². The number of benzene rings is 2. The molecule has 0 bridgehead atoms. The summed E-state index contributed by atoms with van der Waals surface area (Å²) < 4.78 is 38.6.